The van der Waals surface area contributed by atoms with Crippen molar-refractivity contribution in [2.75, 3.05) is 27.2 Å². The zero-order valence-electron chi connectivity index (χ0n) is 13.9. The number of rotatable bonds is 5. The molecule has 0 aliphatic heterocycles. The third-order valence-corrected chi connectivity index (χ3v) is 3.78. The number of aromatic nitrogens is 1. The Hall–Kier alpha value is -2.72. The summed E-state index contributed by atoms with van der Waals surface area (Å²) in [5, 5.41) is 0.812. The van der Waals surface area contributed by atoms with E-state index < -0.39 is 0 Å². The average Bonchev–Trinajstić information content (AvgIpc) is 2.61. The van der Waals surface area contributed by atoms with Crippen molar-refractivity contribution in [2.24, 2.45) is 0 Å². The molecule has 1 aromatic heterocycles. The molecule has 0 unspecified atom stereocenters. The van der Waals surface area contributed by atoms with Crippen molar-refractivity contribution in [3.05, 3.63) is 66.2 Å². The molecule has 0 saturated carbocycles. The predicted molar refractivity (Wildman–Crippen MR) is 96.0 cm³/mol. The highest BCUT2D eigenvalue weighted by atomic mass is 16.5. The lowest BCUT2D eigenvalue weighted by atomic mass is 10.0. The van der Waals surface area contributed by atoms with Crippen LogP contribution in [0.5, 0.6) is 0 Å². The van der Waals surface area contributed by atoms with E-state index in [1.807, 2.05) is 79.7 Å². The van der Waals surface area contributed by atoms with Gasteiger partial charge in [0.2, 0.25) is 0 Å². The van der Waals surface area contributed by atoms with E-state index in [9.17, 15) is 4.79 Å². The summed E-state index contributed by atoms with van der Waals surface area (Å²) >= 11 is 0. The van der Waals surface area contributed by atoms with E-state index in [-0.39, 0.29) is 5.97 Å². The lowest BCUT2D eigenvalue weighted by Gasteiger charge is -2.12. The molecule has 0 radical (unpaired) electrons. The van der Waals surface area contributed by atoms with Crippen LogP contribution in [-0.2, 0) is 4.74 Å². The highest BCUT2D eigenvalue weighted by Gasteiger charge is 2.15. The molecule has 3 aromatic rings. The number of hydrogen-bond donors (Lipinski definition) is 0. The summed E-state index contributed by atoms with van der Waals surface area (Å²) in [5.74, 6) is -0.312. The van der Waals surface area contributed by atoms with Crippen LogP contribution in [0, 0.1) is 0 Å². The van der Waals surface area contributed by atoms with Crippen LogP contribution in [0.2, 0.25) is 0 Å². The summed E-state index contributed by atoms with van der Waals surface area (Å²) in [6, 6.07) is 19.3. The molecule has 0 atom stereocenters. The van der Waals surface area contributed by atoms with Gasteiger partial charge in [0, 0.05) is 17.5 Å². The van der Waals surface area contributed by atoms with Gasteiger partial charge in [-0.3, -0.25) is 0 Å². The zero-order valence-corrected chi connectivity index (χ0v) is 13.9. The third kappa shape index (κ3) is 3.60. The first kappa shape index (κ1) is 16.1. The van der Waals surface area contributed by atoms with E-state index in [1.54, 1.807) is 0 Å². The van der Waals surface area contributed by atoms with Gasteiger partial charge >= 0.3 is 5.97 Å². The topological polar surface area (TPSA) is 42.4 Å². The molecule has 122 valence electrons. The first-order valence-electron chi connectivity index (χ1n) is 7.92. The number of benzene rings is 2. The number of carbonyl (C=O) groups excluding carboxylic acids is 1. The van der Waals surface area contributed by atoms with Crippen molar-refractivity contribution >= 4 is 16.9 Å². The van der Waals surface area contributed by atoms with Crippen molar-refractivity contribution in [3.63, 3.8) is 0 Å². The van der Waals surface area contributed by atoms with Crippen LogP contribution in [0.3, 0.4) is 0 Å². The quantitative estimate of drug-likeness (QED) is 0.673. The molecule has 1 heterocycles. The maximum absolute atomic E-state index is 12.6. The van der Waals surface area contributed by atoms with Crippen LogP contribution in [0.4, 0.5) is 0 Å². The van der Waals surface area contributed by atoms with Gasteiger partial charge in [-0.25, -0.2) is 9.78 Å². The number of likely N-dealkylation sites (N-methyl/N-ethyl adjacent to an activating group) is 1. The van der Waals surface area contributed by atoms with Gasteiger partial charge in [0.1, 0.15) is 6.61 Å². The summed E-state index contributed by atoms with van der Waals surface area (Å²) in [4.78, 5) is 19.2. The first-order chi connectivity index (χ1) is 11.6. The van der Waals surface area contributed by atoms with Crippen molar-refractivity contribution in [2.45, 2.75) is 0 Å². The van der Waals surface area contributed by atoms with E-state index in [1.165, 1.54) is 0 Å². The lowest BCUT2D eigenvalue weighted by molar-refractivity contribution is 0.0484. The number of fused-ring (bicyclic) bond motifs is 1. The Morgan fingerprint density at radius 3 is 2.50 bits per heavy atom. The molecule has 4 heteroatoms. The minimum atomic E-state index is -0.312. The average molecular weight is 320 g/mol. The molecule has 0 fully saturated rings. The summed E-state index contributed by atoms with van der Waals surface area (Å²) in [7, 11) is 3.90. The fourth-order valence-corrected chi connectivity index (χ4v) is 2.50. The molecule has 4 nitrogen and oxygen atoms in total. The van der Waals surface area contributed by atoms with E-state index >= 15 is 0 Å². The molecule has 0 aliphatic rings. The van der Waals surface area contributed by atoms with E-state index in [0.717, 1.165) is 22.2 Å². The second-order valence-corrected chi connectivity index (χ2v) is 5.88. The number of nitrogens with zero attached hydrogens (tertiary/aromatic N) is 2. The summed E-state index contributed by atoms with van der Waals surface area (Å²) in [6.07, 6.45) is 0. The Morgan fingerprint density at radius 2 is 1.75 bits per heavy atom. The maximum Gasteiger partial charge on any atom is 0.338 e. The van der Waals surface area contributed by atoms with Crippen molar-refractivity contribution in [1.82, 2.24) is 9.88 Å². The molecular formula is C20H20N2O2. The van der Waals surface area contributed by atoms with Gasteiger partial charge in [0.15, 0.2) is 0 Å². The highest BCUT2D eigenvalue weighted by molar-refractivity contribution is 6.04. The second kappa shape index (κ2) is 7.23. The van der Waals surface area contributed by atoms with Crippen LogP contribution in [0.15, 0.2) is 60.7 Å². The summed E-state index contributed by atoms with van der Waals surface area (Å²) < 4.78 is 5.43. The molecule has 0 amide bonds. The minimum Gasteiger partial charge on any atom is -0.461 e. The van der Waals surface area contributed by atoms with Crippen molar-refractivity contribution < 1.29 is 9.53 Å². The number of para-hydroxylation sites is 1. The minimum absolute atomic E-state index is 0.312. The van der Waals surface area contributed by atoms with E-state index in [4.69, 9.17) is 4.74 Å². The molecule has 0 spiro atoms. The van der Waals surface area contributed by atoms with Crippen LogP contribution in [0.1, 0.15) is 10.4 Å². The monoisotopic (exact) mass is 320 g/mol. The molecule has 0 saturated heterocycles. The molecular weight excluding hydrogens is 300 g/mol. The second-order valence-electron chi connectivity index (χ2n) is 5.88. The third-order valence-electron chi connectivity index (χ3n) is 3.78. The van der Waals surface area contributed by atoms with Gasteiger partial charge in [0.25, 0.3) is 0 Å². The Bertz CT molecular complexity index is 845. The largest absolute Gasteiger partial charge is 0.461 e. The Morgan fingerprint density at radius 1 is 1.04 bits per heavy atom. The van der Waals surface area contributed by atoms with Gasteiger partial charge in [-0.15, -0.1) is 0 Å². The van der Waals surface area contributed by atoms with E-state index in [0.29, 0.717) is 18.7 Å². The van der Waals surface area contributed by atoms with Gasteiger partial charge in [0.05, 0.1) is 16.8 Å². The number of carbonyl (C=O) groups is 1. The predicted octanol–water partition coefficient (Wildman–Crippen LogP) is 3.62. The highest BCUT2D eigenvalue weighted by Crippen LogP contribution is 2.25. The molecule has 24 heavy (non-hydrogen) atoms. The van der Waals surface area contributed by atoms with Gasteiger partial charge in [-0.1, -0.05) is 48.5 Å². The number of ether oxygens (including phenoxy) is 1. The SMILES string of the molecule is CN(C)CCOC(=O)c1cc(-c2ccccc2)nc2ccccc12. The van der Waals surface area contributed by atoms with Crippen LogP contribution >= 0.6 is 0 Å². The van der Waals surface area contributed by atoms with Gasteiger partial charge in [-0.05, 0) is 26.2 Å². The van der Waals surface area contributed by atoms with Crippen LogP contribution < -0.4 is 0 Å². The fraction of sp³-hybridized carbons (Fsp3) is 0.200. The standard InChI is InChI=1S/C20H20N2O2/c1-22(2)12-13-24-20(23)17-14-19(15-8-4-3-5-9-15)21-18-11-7-6-10-16(17)18/h3-11,14H,12-13H2,1-2H3. The molecule has 3 rings (SSSR count). The Balaban J connectivity index is 2.00. The van der Waals surface area contributed by atoms with Gasteiger partial charge < -0.3 is 9.64 Å². The normalized spacial score (nSPS) is 11.0. The molecule has 0 N–H and O–H groups in total. The summed E-state index contributed by atoms with van der Waals surface area (Å²) in [6.45, 7) is 1.06. The molecule has 2 aromatic carbocycles. The number of hydrogen-bond acceptors (Lipinski definition) is 4. The van der Waals surface area contributed by atoms with Gasteiger partial charge in [-0.2, -0.15) is 0 Å². The maximum atomic E-state index is 12.6. The van der Waals surface area contributed by atoms with E-state index in [2.05, 4.69) is 4.98 Å². The van der Waals surface area contributed by atoms with Crippen LogP contribution in [0.25, 0.3) is 22.2 Å². The molecule has 0 aliphatic carbocycles. The number of pyridine rings is 1. The Kier molecular flexibility index (Phi) is 4.87. The fourth-order valence-electron chi connectivity index (χ4n) is 2.50. The van der Waals surface area contributed by atoms with Crippen molar-refractivity contribution in [1.29, 1.82) is 0 Å². The van der Waals surface area contributed by atoms with Crippen molar-refractivity contribution in [3.8, 4) is 11.3 Å². The smallest absolute Gasteiger partial charge is 0.338 e. The van der Waals surface area contributed by atoms with Crippen LogP contribution in [-0.4, -0.2) is 43.1 Å². The molecule has 0 bridgehead atoms. The number of esters is 1. The summed E-state index contributed by atoms with van der Waals surface area (Å²) in [5.41, 5.74) is 3.09. The zero-order chi connectivity index (χ0) is 16.9. The first-order valence-corrected chi connectivity index (χ1v) is 7.92. The Labute approximate surface area is 141 Å². The lowest BCUT2D eigenvalue weighted by Crippen LogP contribution is -2.20.